The summed E-state index contributed by atoms with van der Waals surface area (Å²) in [5, 5.41) is 12.4. The summed E-state index contributed by atoms with van der Waals surface area (Å²) in [5.74, 6) is 1.86. The maximum Gasteiger partial charge on any atom is 0.244 e. The van der Waals surface area contributed by atoms with Gasteiger partial charge in [0.2, 0.25) is 15.8 Å². The monoisotopic (exact) mass is 418 g/mol. The largest absolute Gasteiger partial charge is 0.493 e. The predicted octanol–water partition coefficient (Wildman–Crippen LogP) is 1.77. The molecule has 0 saturated carbocycles. The lowest BCUT2D eigenvalue weighted by Crippen LogP contribution is -2.30. The first-order valence-corrected chi connectivity index (χ1v) is 10.4. The van der Waals surface area contributed by atoms with Crippen molar-refractivity contribution in [2.45, 2.75) is 18.7 Å². The zero-order valence-electron chi connectivity index (χ0n) is 16.6. The van der Waals surface area contributed by atoms with Crippen LogP contribution in [0.2, 0.25) is 0 Å². The maximum atomic E-state index is 12.6. The third-order valence-electron chi connectivity index (χ3n) is 4.32. The van der Waals surface area contributed by atoms with Crippen molar-refractivity contribution in [3.63, 3.8) is 0 Å². The molecule has 0 radical (unpaired) electrons. The van der Waals surface area contributed by atoms with E-state index in [2.05, 4.69) is 20.4 Å². The molecule has 0 aliphatic carbocycles. The Hall–Kier alpha value is -3.05. The molecule has 0 spiro atoms. The van der Waals surface area contributed by atoms with Crippen molar-refractivity contribution in [1.29, 1.82) is 0 Å². The van der Waals surface area contributed by atoms with E-state index in [4.69, 9.17) is 9.47 Å². The van der Waals surface area contributed by atoms with Crippen LogP contribution in [-0.4, -0.2) is 65.2 Å². The van der Waals surface area contributed by atoms with Gasteiger partial charge in [0.1, 0.15) is 4.90 Å². The van der Waals surface area contributed by atoms with Crippen molar-refractivity contribution in [2.24, 2.45) is 0 Å². The molecule has 0 bridgehead atoms. The van der Waals surface area contributed by atoms with Gasteiger partial charge in [0.25, 0.3) is 0 Å². The molecule has 0 fully saturated rings. The molecule has 0 aliphatic heterocycles. The van der Waals surface area contributed by atoms with Crippen LogP contribution in [0.5, 0.6) is 11.5 Å². The van der Waals surface area contributed by atoms with Gasteiger partial charge in [-0.1, -0.05) is 13.8 Å². The van der Waals surface area contributed by atoms with Gasteiger partial charge >= 0.3 is 0 Å². The number of sulfonamides is 1. The van der Waals surface area contributed by atoms with Gasteiger partial charge in [-0.3, -0.25) is 0 Å². The van der Waals surface area contributed by atoms with Gasteiger partial charge in [-0.15, -0.1) is 15.0 Å². The third-order valence-corrected chi connectivity index (χ3v) is 6.36. The lowest BCUT2D eigenvalue weighted by molar-refractivity contribution is 0.355. The van der Waals surface area contributed by atoms with E-state index in [-0.39, 0.29) is 4.90 Å². The quantitative estimate of drug-likeness (QED) is 0.544. The van der Waals surface area contributed by atoms with Crippen LogP contribution in [0.4, 0.5) is 0 Å². The second kappa shape index (κ2) is 8.53. The van der Waals surface area contributed by atoms with E-state index in [1.165, 1.54) is 27.4 Å². The Morgan fingerprint density at radius 1 is 1.03 bits per heavy atom. The molecule has 11 heteroatoms. The fourth-order valence-corrected chi connectivity index (χ4v) is 4.16. The van der Waals surface area contributed by atoms with E-state index in [0.717, 1.165) is 0 Å². The number of benzene rings is 1. The second-order valence-electron chi connectivity index (χ2n) is 5.91. The Morgan fingerprint density at radius 3 is 2.34 bits per heavy atom. The van der Waals surface area contributed by atoms with E-state index in [1.54, 1.807) is 46.3 Å². The molecule has 0 N–H and O–H groups in total. The van der Waals surface area contributed by atoms with Gasteiger partial charge in [0.15, 0.2) is 17.3 Å². The molecule has 1 aromatic carbocycles. The number of aromatic nitrogens is 5. The molecule has 10 nitrogen and oxygen atoms in total. The van der Waals surface area contributed by atoms with Crippen molar-refractivity contribution >= 4 is 10.0 Å². The Balaban J connectivity index is 1.88. The summed E-state index contributed by atoms with van der Waals surface area (Å²) in [6.45, 7) is 4.36. The molecule has 0 saturated heterocycles. The molecule has 154 valence electrons. The summed E-state index contributed by atoms with van der Waals surface area (Å²) >= 11 is 0. The van der Waals surface area contributed by atoms with E-state index < -0.39 is 10.0 Å². The number of rotatable bonds is 8. The zero-order valence-corrected chi connectivity index (χ0v) is 17.4. The van der Waals surface area contributed by atoms with Gasteiger partial charge in [-0.05, 0) is 35.5 Å². The van der Waals surface area contributed by atoms with Crippen LogP contribution in [0.25, 0.3) is 17.2 Å². The van der Waals surface area contributed by atoms with Crippen molar-refractivity contribution in [3.05, 3.63) is 36.5 Å². The topological polar surface area (TPSA) is 112 Å². The van der Waals surface area contributed by atoms with Gasteiger partial charge < -0.3 is 9.47 Å². The molecule has 2 heterocycles. The molecule has 0 amide bonds. The first kappa shape index (κ1) is 20.7. The highest BCUT2D eigenvalue weighted by molar-refractivity contribution is 7.89. The number of pyridine rings is 1. The number of nitrogens with zero attached hydrogens (tertiary/aromatic N) is 6. The van der Waals surface area contributed by atoms with E-state index in [0.29, 0.717) is 41.8 Å². The summed E-state index contributed by atoms with van der Waals surface area (Å²) < 4.78 is 37.0. The molecular weight excluding hydrogens is 396 g/mol. The van der Waals surface area contributed by atoms with Crippen LogP contribution < -0.4 is 9.47 Å². The molecule has 0 aliphatic rings. The van der Waals surface area contributed by atoms with E-state index in [9.17, 15) is 8.42 Å². The van der Waals surface area contributed by atoms with Crippen molar-refractivity contribution in [1.82, 2.24) is 29.5 Å². The van der Waals surface area contributed by atoms with Crippen LogP contribution in [0, 0.1) is 0 Å². The first-order valence-electron chi connectivity index (χ1n) is 8.93. The van der Waals surface area contributed by atoms with Crippen molar-refractivity contribution in [3.8, 4) is 28.7 Å². The van der Waals surface area contributed by atoms with Gasteiger partial charge in [0.05, 0.1) is 14.2 Å². The number of hydrogen-bond acceptors (Lipinski definition) is 8. The third kappa shape index (κ3) is 4.05. The zero-order chi connectivity index (χ0) is 21.0. The van der Waals surface area contributed by atoms with Crippen molar-refractivity contribution < 1.29 is 17.9 Å². The van der Waals surface area contributed by atoms with Crippen LogP contribution in [-0.2, 0) is 10.0 Å². The standard InChI is InChI=1S/C18H22N6O4S/c1-5-23(6-2)29(25,26)14-8-10-17(19-12-14)24-21-18(20-22-24)13-7-9-15(27-3)16(11-13)28-4/h7-12H,5-6H2,1-4H3. The Kier molecular flexibility index (Phi) is 6.09. The molecule has 2 aromatic heterocycles. The maximum absolute atomic E-state index is 12.6. The highest BCUT2D eigenvalue weighted by Crippen LogP contribution is 2.30. The van der Waals surface area contributed by atoms with Gasteiger partial charge in [0, 0.05) is 24.8 Å². The highest BCUT2D eigenvalue weighted by Gasteiger charge is 2.22. The highest BCUT2D eigenvalue weighted by atomic mass is 32.2. The molecule has 0 atom stereocenters. The summed E-state index contributed by atoms with van der Waals surface area (Å²) in [6.07, 6.45) is 1.29. The van der Waals surface area contributed by atoms with Crippen LogP contribution >= 0.6 is 0 Å². The summed E-state index contributed by atoms with van der Waals surface area (Å²) in [7, 11) is -0.470. The smallest absolute Gasteiger partial charge is 0.244 e. The number of ether oxygens (including phenoxy) is 2. The lowest BCUT2D eigenvalue weighted by Gasteiger charge is -2.18. The van der Waals surface area contributed by atoms with Crippen LogP contribution in [0.15, 0.2) is 41.4 Å². The summed E-state index contributed by atoms with van der Waals surface area (Å²) in [5.41, 5.74) is 0.689. The fraction of sp³-hybridized carbons (Fsp3) is 0.333. The predicted molar refractivity (Wildman–Crippen MR) is 106 cm³/mol. The number of methoxy groups -OCH3 is 2. The minimum absolute atomic E-state index is 0.116. The Labute approximate surface area is 169 Å². The minimum atomic E-state index is -3.57. The fourth-order valence-electron chi connectivity index (χ4n) is 2.76. The molecule has 0 unspecified atom stereocenters. The molecular formula is C18H22N6O4S. The minimum Gasteiger partial charge on any atom is -0.493 e. The number of hydrogen-bond donors (Lipinski definition) is 0. The van der Waals surface area contributed by atoms with Crippen molar-refractivity contribution in [2.75, 3.05) is 27.3 Å². The SMILES string of the molecule is CCN(CC)S(=O)(=O)c1ccc(-n2nnc(-c3ccc(OC)c(OC)c3)n2)nc1. The van der Waals surface area contributed by atoms with Gasteiger partial charge in [-0.25, -0.2) is 13.4 Å². The molecule has 29 heavy (non-hydrogen) atoms. The second-order valence-corrected chi connectivity index (χ2v) is 7.85. The molecule has 3 rings (SSSR count). The normalized spacial score (nSPS) is 11.6. The summed E-state index contributed by atoms with van der Waals surface area (Å²) in [4.78, 5) is 5.53. The summed E-state index contributed by atoms with van der Waals surface area (Å²) in [6, 6.07) is 8.30. The lowest BCUT2D eigenvalue weighted by atomic mass is 10.2. The molecule has 3 aromatic rings. The Bertz CT molecular complexity index is 1080. The average Bonchev–Trinajstić information content (AvgIpc) is 3.24. The van der Waals surface area contributed by atoms with E-state index >= 15 is 0 Å². The Morgan fingerprint density at radius 2 is 1.76 bits per heavy atom. The first-order chi connectivity index (χ1) is 13.9. The van der Waals surface area contributed by atoms with Gasteiger partial charge in [-0.2, -0.15) is 4.31 Å². The number of tetrazole rings is 1. The average molecular weight is 418 g/mol. The van der Waals surface area contributed by atoms with Crippen LogP contribution in [0.3, 0.4) is 0 Å². The van der Waals surface area contributed by atoms with E-state index in [1.807, 2.05) is 0 Å². The van der Waals surface area contributed by atoms with Crippen LogP contribution in [0.1, 0.15) is 13.8 Å².